The van der Waals surface area contributed by atoms with Gasteiger partial charge < -0.3 is 15.0 Å². The first-order valence-corrected chi connectivity index (χ1v) is 6.72. The second-order valence-corrected chi connectivity index (χ2v) is 5.14. The lowest BCUT2D eigenvalue weighted by atomic mass is 9.97. The Morgan fingerprint density at radius 3 is 3.17 bits per heavy atom. The third-order valence-corrected chi connectivity index (χ3v) is 4.02. The topological polar surface area (TPSA) is 50.3 Å². The van der Waals surface area contributed by atoms with Crippen molar-refractivity contribution < 1.29 is 4.74 Å². The number of rotatable bonds is 3. The average molecular weight is 248 g/mol. The molecule has 1 N–H and O–H groups in total. The summed E-state index contributed by atoms with van der Waals surface area (Å²) in [6.07, 6.45) is 6.69. The number of nitrogens with one attached hydrogen (secondary N) is 1. The van der Waals surface area contributed by atoms with E-state index in [0.717, 1.165) is 11.9 Å². The number of anilines is 1. The number of fused-ring (bicyclic) bond motifs is 1. The lowest BCUT2D eigenvalue weighted by molar-refractivity contribution is 0.188. The maximum Gasteiger partial charge on any atom is 0.218 e. The number of nitrogens with zero attached hydrogens (tertiary/aromatic N) is 3. The van der Waals surface area contributed by atoms with E-state index in [4.69, 9.17) is 4.74 Å². The molecule has 1 aromatic heterocycles. The second kappa shape index (κ2) is 5.10. The lowest BCUT2D eigenvalue weighted by Gasteiger charge is -2.35. The van der Waals surface area contributed by atoms with Crippen LogP contribution in [0.25, 0.3) is 0 Å². The first kappa shape index (κ1) is 11.7. The molecule has 0 aromatic carbocycles. The molecule has 2 atom stereocenters. The van der Waals surface area contributed by atoms with E-state index in [1.165, 1.54) is 38.8 Å². The van der Waals surface area contributed by atoms with Crippen LogP contribution in [0.15, 0.2) is 12.4 Å². The Bertz CT molecular complexity index is 412. The molecule has 0 radical (unpaired) electrons. The summed E-state index contributed by atoms with van der Waals surface area (Å²) in [5.41, 5.74) is 0. The highest BCUT2D eigenvalue weighted by Gasteiger charge is 2.31. The van der Waals surface area contributed by atoms with Crippen molar-refractivity contribution in [2.24, 2.45) is 0 Å². The van der Waals surface area contributed by atoms with Crippen molar-refractivity contribution in [1.82, 2.24) is 14.9 Å². The fourth-order valence-electron chi connectivity index (χ4n) is 3.09. The van der Waals surface area contributed by atoms with Crippen LogP contribution >= 0.6 is 0 Å². The maximum absolute atomic E-state index is 5.11. The Labute approximate surface area is 108 Å². The van der Waals surface area contributed by atoms with Crippen LogP contribution in [0.2, 0.25) is 0 Å². The highest BCUT2D eigenvalue weighted by molar-refractivity contribution is 5.38. The number of ether oxygens (including phenoxy) is 1. The molecule has 18 heavy (non-hydrogen) atoms. The molecule has 0 saturated carbocycles. The van der Waals surface area contributed by atoms with Gasteiger partial charge >= 0.3 is 0 Å². The molecule has 5 nitrogen and oxygen atoms in total. The molecule has 0 bridgehead atoms. The molecule has 0 amide bonds. The zero-order valence-corrected chi connectivity index (χ0v) is 10.8. The van der Waals surface area contributed by atoms with Gasteiger partial charge in [-0.1, -0.05) is 0 Å². The smallest absolute Gasteiger partial charge is 0.218 e. The Kier molecular flexibility index (Phi) is 3.32. The molecule has 2 aliphatic heterocycles. The minimum absolute atomic E-state index is 0.531. The van der Waals surface area contributed by atoms with E-state index in [0.29, 0.717) is 11.9 Å². The van der Waals surface area contributed by atoms with Crippen LogP contribution in [0, 0.1) is 0 Å². The summed E-state index contributed by atoms with van der Waals surface area (Å²) in [4.78, 5) is 10.9. The fraction of sp³-hybridized carbons (Fsp3) is 0.692. The van der Waals surface area contributed by atoms with E-state index in [-0.39, 0.29) is 0 Å². The van der Waals surface area contributed by atoms with Crippen molar-refractivity contribution in [1.29, 1.82) is 0 Å². The SMILES string of the molecule is COc1cc(NC2CCN3CCCC3C2)ncn1. The Morgan fingerprint density at radius 1 is 1.33 bits per heavy atom. The lowest BCUT2D eigenvalue weighted by Crippen LogP contribution is -2.42. The van der Waals surface area contributed by atoms with E-state index in [2.05, 4.69) is 20.2 Å². The predicted molar refractivity (Wildman–Crippen MR) is 69.8 cm³/mol. The maximum atomic E-state index is 5.11. The molecule has 1 aromatic rings. The van der Waals surface area contributed by atoms with Gasteiger partial charge in [0.05, 0.1) is 7.11 Å². The molecular formula is C13H20N4O. The van der Waals surface area contributed by atoms with Crippen molar-refractivity contribution >= 4 is 5.82 Å². The van der Waals surface area contributed by atoms with Crippen LogP contribution in [0.3, 0.4) is 0 Å². The first-order valence-electron chi connectivity index (χ1n) is 6.72. The summed E-state index contributed by atoms with van der Waals surface area (Å²) < 4.78 is 5.11. The van der Waals surface area contributed by atoms with Gasteiger partial charge in [0.1, 0.15) is 12.1 Å². The largest absolute Gasteiger partial charge is 0.481 e. The number of hydrogen-bond donors (Lipinski definition) is 1. The van der Waals surface area contributed by atoms with Crippen molar-refractivity contribution in [3.05, 3.63) is 12.4 Å². The van der Waals surface area contributed by atoms with Gasteiger partial charge in [-0.05, 0) is 32.2 Å². The summed E-state index contributed by atoms with van der Waals surface area (Å²) in [6, 6.07) is 3.17. The molecule has 2 saturated heterocycles. The Morgan fingerprint density at radius 2 is 2.28 bits per heavy atom. The summed E-state index contributed by atoms with van der Waals surface area (Å²) in [5.74, 6) is 1.49. The highest BCUT2D eigenvalue weighted by atomic mass is 16.5. The third kappa shape index (κ3) is 2.41. The van der Waals surface area contributed by atoms with Gasteiger partial charge in [0.25, 0.3) is 0 Å². The van der Waals surface area contributed by atoms with Crippen molar-refractivity contribution in [3.8, 4) is 5.88 Å². The third-order valence-electron chi connectivity index (χ3n) is 4.02. The van der Waals surface area contributed by atoms with Crippen LogP contribution in [0.4, 0.5) is 5.82 Å². The molecule has 3 rings (SSSR count). The van der Waals surface area contributed by atoms with E-state index >= 15 is 0 Å². The highest BCUT2D eigenvalue weighted by Crippen LogP contribution is 2.28. The summed E-state index contributed by atoms with van der Waals surface area (Å²) in [7, 11) is 1.63. The van der Waals surface area contributed by atoms with Crippen molar-refractivity contribution in [2.45, 2.75) is 37.8 Å². The molecule has 0 spiro atoms. The quantitative estimate of drug-likeness (QED) is 0.879. The van der Waals surface area contributed by atoms with Crippen LogP contribution in [0.5, 0.6) is 5.88 Å². The molecule has 0 aliphatic carbocycles. The van der Waals surface area contributed by atoms with Gasteiger partial charge in [0.2, 0.25) is 5.88 Å². The number of aromatic nitrogens is 2. The van der Waals surface area contributed by atoms with Crippen molar-refractivity contribution in [2.75, 3.05) is 25.5 Å². The summed E-state index contributed by atoms with van der Waals surface area (Å²) in [6.45, 7) is 2.50. The van der Waals surface area contributed by atoms with E-state index in [1.807, 2.05) is 6.07 Å². The predicted octanol–water partition coefficient (Wildman–Crippen LogP) is 1.52. The molecule has 3 heterocycles. The zero-order chi connectivity index (χ0) is 12.4. The van der Waals surface area contributed by atoms with Gasteiger partial charge in [0, 0.05) is 24.7 Å². The second-order valence-electron chi connectivity index (χ2n) is 5.14. The standard InChI is InChI=1S/C13H20N4O/c1-18-13-8-12(14-9-15-13)16-10-4-6-17-5-2-3-11(17)7-10/h8-11H,2-7H2,1H3,(H,14,15,16). The van der Waals surface area contributed by atoms with Gasteiger partial charge in [-0.2, -0.15) is 0 Å². The zero-order valence-electron chi connectivity index (χ0n) is 10.8. The van der Waals surface area contributed by atoms with E-state index < -0.39 is 0 Å². The fourth-order valence-corrected chi connectivity index (χ4v) is 3.09. The molecular weight excluding hydrogens is 228 g/mol. The van der Waals surface area contributed by atoms with Gasteiger partial charge in [0.15, 0.2) is 0 Å². The molecule has 5 heteroatoms. The normalized spacial score (nSPS) is 27.8. The number of methoxy groups -OCH3 is 1. The minimum Gasteiger partial charge on any atom is -0.481 e. The summed E-state index contributed by atoms with van der Waals surface area (Å²) in [5, 5.41) is 3.51. The van der Waals surface area contributed by atoms with Crippen LogP contribution < -0.4 is 10.1 Å². The van der Waals surface area contributed by atoms with E-state index in [1.54, 1.807) is 13.4 Å². The molecule has 98 valence electrons. The van der Waals surface area contributed by atoms with Crippen LogP contribution in [-0.4, -0.2) is 47.2 Å². The van der Waals surface area contributed by atoms with Gasteiger partial charge in [-0.3, -0.25) is 0 Å². The first-order chi connectivity index (χ1) is 8.85. The van der Waals surface area contributed by atoms with Crippen molar-refractivity contribution in [3.63, 3.8) is 0 Å². The van der Waals surface area contributed by atoms with Crippen LogP contribution in [0.1, 0.15) is 25.7 Å². The van der Waals surface area contributed by atoms with E-state index in [9.17, 15) is 0 Å². The molecule has 2 fully saturated rings. The van der Waals surface area contributed by atoms with Gasteiger partial charge in [-0.25, -0.2) is 9.97 Å². The number of piperidine rings is 1. The monoisotopic (exact) mass is 248 g/mol. The molecule has 2 unspecified atom stereocenters. The molecule has 2 aliphatic rings. The minimum atomic E-state index is 0.531. The average Bonchev–Trinajstić information content (AvgIpc) is 2.86. The Balaban J connectivity index is 1.62. The van der Waals surface area contributed by atoms with Gasteiger partial charge in [-0.15, -0.1) is 0 Å². The van der Waals surface area contributed by atoms with Crippen LogP contribution in [-0.2, 0) is 0 Å². The number of hydrogen-bond acceptors (Lipinski definition) is 5. The Hall–Kier alpha value is -1.36. The summed E-state index contributed by atoms with van der Waals surface area (Å²) >= 11 is 0.